The minimum atomic E-state index is -4.03. The first-order chi connectivity index (χ1) is 9.30. The van der Waals surface area contributed by atoms with E-state index in [-0.39, 0.29) is 13.1 Å². The van der Waals surface area contributed by atoms with E-state index in [2.05, 4.69) is 0 Å². The Bertz CT molecular complexity index is 613. The van der Waals surface area contributed by atoms with Crippen molar-refractivity contribution < 1.29 is 22.0 Å². The molecule has 2 rings (SSSR count). The Balaban J connectivity index is 2.32. The number of amides is 1. The monoisotopic (exact) mass is 304 g/mol. The van der Waals surface area contributed by atoms with Gasteiger partial charge in [-0.15, -0.1) is 0 Å². The van der Waals surface area contributed by atoms with E-state index in [0.29, 0.717) is 18.9 Å². The van der Waals surface area contributed by atoms with Crippen molar-refractivity contribution in [3.63, 3.8) is 0 Å². The average molecular weight is 304 g/mol. The second kappa shape index (κ2) is 5.45. The predicted octanol–water partition coefficient (Wildman–Crippen LogP) is 0.851. The average Bonchev–Trinajstić information content (AvgIpc) is 2.37. The quantitative estimate of drug-likeness (QED) is 0.899. The standard InChI is InChI=1S/C12H14F2N2O3S/c13-9-4-10(14)6-11(5-9)20(18,19)16-3-1-2-8(7-16)12(15)17/h4-6,8H,1-3,7H2,(H2,15,17). The van der Waals surface area contributed by atoms with E-state index in [9.17, 15) is 22.0 Å². The van der Waals surface area contributed by atoms with E-state index in [0.717, 1.165) is 16.4 Å². The predicted molar refractivity (Wildman–Crippen MR) is 67.0 cm³/mol. The van der Waals surface area contributed by atoms with Gasteiger partial charge < -0.3 is 5.73 Å². The summed E-state index contributed by atoms with van der Waals surface area (Å²) in [5.41, 5.74) is 5.18. The van der Waals surface area contributed by atoms with Gasteiger partial charge in [0.25, 0.3) is 0 Å². The number of hydrogen-bond donors (Lipinski definition) is 1. The number of rotatable bonds is 3. The van der Waals surface area contributed by atoms with Crippen molar-refractivity contribution in [3.8, 4) is 0 Å². The number of benzene rings is 1. The third-order valence-corrected chi connectivity index (χ3v) is 5.10. The molecule has 1 aromatic rings. The van der Waals surface area contributed by atoms with E-state index in [1.54, 1.807) is 0 Å². The van der Waals surface area contributed by atoms with Gasteiger partial charge in [0.2, 0.25) is 15.9 Å². The van der Waals surface area contributed by atoms with Gasteiger partial charge in [0.15, 0.2) is 0 Å². The van der Waals surface area contributed by atoms with E-state index in [1.807, 2.05) is 0 Å². The van der Waals surface area contributed by atoms with Gasteiger partial charge in [-0.05, 0) is 25.0 Å². The molecule has 110 valence electrons. The van der Waals surface area contributed by atoms with Gasteiger partial charge in [-0.3, -0.25) is 4.79 Å². The molecule has 1 aromatic carbocycles. The lowest BCUT2D eigenvalue weighted by atomic mass is 9.99. The van der Waals surface area contributed by atoms with Crippen molar-refractivity contribution in [1.82, 2.24) is 4.31 Å². The molecule has 5 nitrogen and oxygen atoms in total. The SMILES string of the molecule is NC(=O)C1CCCN(S(=O)(=O)c2cc(F)cc(F)c2)C1. The summed E-state index contributed by atoms with van der Waals surface area (Å²) in [6, 6.07) is 2.11. The third kappa shape index (κ3) is 2.96. The fourth-order valence-corrected chi connectivity index (χ4v) is 3.79. The minimum absolute atomic E-state index is 0.0597. The van der Waals surface area contributed by atoms with Gasteiger partial charge in [-0.25, -0.2) is 17.2 Å². The maximum Gasteiger partial charge on any atom is 0.243 e. The summed E-state index contributed by atoms with van der Waals surface area (Å²) in [6.07, 6.45) is 0.990. The number of hydrogen-bond acceptors (Lipinski definition) is 3. The summed E-state index contributed by atoms with van der Waals surface area (Å²) in [6.45, 7) is 0.139. The van der Waals surface area contributed by atoms with Crippen molar-refractivity contribution in [2.24, 2.45) is 11.7 Å². The van der Waals surface area contributed by atoms with Crippen LogP contribution in [0.2, 0.25) is 0 Å². The molecule has 0 bridgehead atoms. The van der Waals surface area contributed by atoms with Gasteiger partial charge in [0.1, 0.15) is 11.6 Å². The number of nitrogens with two attached hydrogens (primary N) is 1. The summed E-state index contributed by atoms with van der Waals surface area (Å²) >= 11 is 0. The van der Waals surface area contributed by atoms with Crippen molar-refractivity contribution in [3.05, 3.63) is 29.8 Å². The molecule has 0 aliphatic carbocycles. The zero-order valence-electron chi connectivity index (χ0n) is 10.6. The number of halogens is 2. The number of carbonyl (C=O) groups excluding carboxylic acids is 1. The molecule has 0 spiro atoms. The summed E-state index contributed by atoms with van der Waals surface area (Å²) in [5, 5.41) is 0. The van der Waals surface area contributed by atoms with E-state index in [1.165, 1.54) is 0 Å². The molecule has 1 heterocycles. The van der Waals surface area contributed by atoms with Crippen LogP contribution >= 0.6 is 0 Å². The fourth-order valence-electron chi connectivity index (χ4n) is 2.22. The lowest BCUT2D eigenvalue weighted by Gasteiger charge is -2.30. The second-order valence-electron chi connectivity index (χ2n) is 4.71. The Morgan fingerprint density at radius 1 is 1.25 bits per heavy atom. The Labute approximate surface area is 115 Å². The number of piperidine rings is 1. The second-order valence-corrected chi connectivity index (χ2v) is 6.65. The smallest absolute Gasteiger partial charge is 0.243 e. The molecular formula is C12H14F2N2O3S. The van der Waals surface area contributed by atoms with Gasteiger partial charge in [0.05, 0.1) is 10.8 Å². The van der Waals surface area contributed by atoms with Crippen LogP contribution in [0.15, 0.2) is 23.1 Å². The maximum atomic E-state index is 13.1. The Kier molecular flexibility index (Phi) is 4.05. The molecule has 1 amide bonds. The number of sulfonamides is 1. The van der Waals surface area contributed by atoms with E-state index >= 15 is 0 Å². The van der Waals surface area contributed by atoms with E-state index < -0.39 is 38.4 Å². The highest BCUT2D eigenvalue weighted by atomic mass is 32.2. The lowest BCUT2D eigenvalue weighted by Crippen LogP contribution is -2.44. The summed E-state index contributed by atoms with van der Waals surface area (Å²) < 4.78 is 51.9. The van der Waals surface area contributed by atoms with Crippen LogP contribution in [-0.2, 0) is 14.8 Å². The van der Waals surface area contributed by atoms with Gasteiger partial charge in [-0.1, -0.05) is 0 Å². The maximum absolute atomic E-state index is 13.1. The summed E-state index contributed by atoms with van der Waals surface area (Å²) in [5.74, 6) is -3.08. The van der Waals surface area contributed by atoms with Crippen molar-refractivity contribution >= 4 is 15.9 Å². The van der Waals surface area contributed by atoms with Gasteiger partial charge in [-0.2, -0.15) is 4.31 Å². The van der Waals surface area contributed by atoms with Crippen molar-refractivity contribution in [2.75, 3.05) is 13.1 Å². The Hall–Kier alpha value is -1.54. The first kappa shape index (κ1) is 14.9. The van der Waals surface area contributed by atoms with Gasteiger partial charge in [0, 0.05) is 19.2 Å². The normalized spacial score (nSPS) is 20.8. The molecule has 20 heavy (non-hydrogen) atoms. The molecule has 1 fully saturated rings. The third-order valence-electron chi connectivity index (χ3n) is 3.26. The lowest BCUT2D eigenvalue weighted by molar-refractivity contribution is -0.122. The van der Waals surface area contributed by atoms with Crippen LogP contribution in [0.3, 0.4) is 0 Å². The zero-order valence-corrected chi connectivity index (χ0v) is 11.4. The van der Waals surface area contributed by atoms with Crippen molar-refractivity contribution in [2.45, 2.75) is 17.7 Å². The molecule has 1 aliphatic heterocycles. The van der Waals surface area contributed by atoms with Crippen LogP contribution < -0.4 is 5.73 Å². The molecule has 2 N–H and O–H groups in total. The van der Waals surface area contributed by atoms with Crippen LogP contribution in [0, 0.1) is 17.6 Å². The van der Waals surface area contributed by atoms with E-state index in [4.69, 9.17) is 5.73 Å². The number of carbonyl (C=O) groups is 1. The molecule has 0 aromatic heterocycles. The first-order valence-corrected chi connectivity index (χ1v) is 7.50. The minimum Gasteiger partial charge on any atom is -0.369 e. The summed E-state index contributed by atoms with van der Waals surface area (Å²) in [4.78, 5) is 10.7. The number of nitrogens with zero attached hydrogens (tertiary/aromatic N) is 1. The van der Waals surface area contributed by atoms with Crippen LogP contribution in [0.4, 0.5) is 8.78 Å². The molecule has 1 unspecified atom stereocenters. The zero-order chi connectivity index (χ0) is 14.9. The van der Waals surface area contributed by atoms with Crippen LogP contribution in [-0.4, -0.2) is 31.7 Å². The topological polar surface area (TPSA) is 80.5 Å². The largest absolute Gasteiger partial charge is 0.369 e. The van der Waals surface area contributed by atoms with Crippen molar-refractivity contribution in [1.29, 1.82) is 0 Å². The molecule has 1 aliphatic rings. The molecule has 0 radical (unpaired) electrons. The Morgan fingerprint density at radius 2 is 1.85 bits per heavy atom. The van der Waals surface area contributed by atoms with Crippen LogP contribution in [0.1, 0.15) is 12.8 Å². The molecule has 1 atom stereocenters. The highest BCUT2D eigenvalue weighted by molar-refractivity contribution is 7.89. The molecule has 1 saturated heterocycles. The molecule has 0 saturated carbocycles. The Morgan fingerprint density at radius 3 is 2.40 bits per heavy atom. The molecular weight excluding hydrogens is 290 g/mol. The van der Waals surface area contributed by atoms with Gasteiger partial charge >= 0.3 is 0 Å². The van der Waals surface area contributed by atoms with Crippen LogP contribution in [0.5, 0.6) is 0 Å². The number of primary amides is 1. The van der Waals surface area contributed by atoms with Crippen LogP contribution in [0.25, 0.3) is 0 Å². The first-order valence-electron chi connectivity index (χ1n) is 6.06. The highest BCUT2D eigenvalue weighted by Crippen LogP contribution is 2.24. The summed E-state index contributed by atoms with van der Waals surface area (Å²) in [7, 11) is -4.03. The molecule has 8 heteroatoms. The highest BCUT2D eigenvalue weighted by Gasteiger charge is 2.32. The fraction of sp³-hybridized carbons (Fsp3) is 0.417.